The van der Waals surface area contributed by atoms with Gasteiger partial charge in [-0.05, 0) is 12.1 Å². The lowest BCUT2D eigenvalue weighted by Crippen LogP contribution is -2.65. The predicted octanol–water partition coefficient (Wildman–Crippen LogP) is -2.78. The third kappa shape index (κ3) is 5.49. The molecule has 0 saturated carbocycles. The van der Waals surface area contributed by atoms with E-state index >= 15 is 0 Å². The maximum atomic E-state index is 13.0. The van der Waals surface area contributed by atoms with Crippen LogP contribution in [0.5, 0.6) is 0 Å². The lowest BCUT2D eigenvalue weighted by Gasteiger charge is -2.44. The number of nitrogens with one attached hydrogen (secondary N) is 1. The molecule has 1 aromatic rings. The first-order valence-electron chi connectivity index (χ1n) is 8.80. The average Bonchev–Trinajstić information content (AvgIpc) is 2.74. The van der Waals surface area contributed by atoms with Gasteiger partial charge in [0.15, 0.2) is 6.23 Å². The number of benzene rings is 1. The van der Waals surface area contributed by atoms with Crippen molar-refractivity contribution < 1.29 is 44.3 Å². The molecule has 0 aromatic heterocycles. The van der Waals surface area contributed by atoms with Crippen molar-refractivity contribution in [2.24, 2.45) is 0 Å². The smallest absolute Gasteiger partial charge is 0.325 e. The Labute approximate surface area is 166 Å². The number of nitrogens with zero attached hydrogens (tertiary/aromatic N) is 1. The summed E-state index contributed by atoms with van der Waals surface area (Å²) in [7, 11) is 1.15. The average molecular weight is 412 g/mol. The summed E-state index contributed by atoms with van der Waals surface area (Å²) in [5, 5.41) is 41.9. The first-order chi connectivity index (χ1) is 13.8. The number of carbonyl (C=O) groups excluding carboxylic acids is 3. The minimum Gasteiger partial charge on any atom is -0.468 e. The van der Waals surface area contributed by atoms with Crippen LogP contribution in [0.25, 0.3) is 0 Å². The van der Waals surface area contributed by atoms with Crippen molar-refractivity contribution in [2.75, 3.05) is 26.8 Å². The largest absolute Gasteiger partial charge is 0.468 e. The Morgan fingerprint density at radius 3 is 2.34 bits per heavy atom. The van der Waals surface area contributed by atoms with Gasteiger partial charge in [0.2, 0.25) is 5.91 Å². The molecule has 0 unspecified atom stereocenters. The minimum atomic E-state index is -1.76. The summed E-state index contributed by atoms with van der Waals surface area (Å²) in [5.74, 6) is -2.16. The molecule has 2 rings (SSSR count). The fourth-order valence-electron chi connectivity index (χ4n) is 2.82. The first-order valence-corrected chi connectivity index (χ1v) is 8.80. The van der Waals surface area contributed by atoms with Gasteiger partial charge >= 0.3 is 5.97 Å². The van der Waals surface area contributed by atoms with Gasteiger partial charge in [-0.25, -0.2) is 0 Å². The maximum Gasteiger partial charge on any atom is 0.325 e. The third-order valence-electron chi connectivity index (χ3n) is 4.43. The van der Waals surface area contributed by atoms with E-state index < -0.39 is 68.1 Å². The molecule has 1 saturated heterocycles. The van der Waals surface area contributed by atoms with E-state index in [1.165, 1.54) is 12.1 Å². The first kappa shape index (κ1) is 22.7. The van der Waals surface area contributed by atoms with Gasteiger partial charge in [-0.1, -0.05) is 18.2 Å². The number of hydrogen-bond donors (Lipinski definition) is 5. The second-order valence-corrected chi connectivity index (χ2v) is 6.37. The topological polar surface area (TPSA) is 166 Å². The number of esters is 1. The SMILES string of the molecule is COC(=O)CNC(=O)CN(C(=O)c1ccccc1)[C@@H]1O[C@H](CO)[C@@H](O)[C@H](O)[C@H]1O. The van der Waals surface area contributed by atoms with E-state index in [4.69, 9.17) is 4.74 Å². The summed E-state index contributed by atoms with van der Waals surface area (Å²) in [6.07, 6.45) is -7.90. The molecular formula is C18H24N2O9. The van der Waals surface area contributed by atoms with Crippen molar-refractivity contribution >= 4 is 17.8 Å². The van der Waals surface area contributed by atoms with Gasteiger partial charge in [-0.3, -0.25) is 14.4 Å². The second-order valence-electron chi connectivity index (χ2n) is 6.37. The molecule has 1 heterocycles. The predicted molar refractivity (Wildman–Crippen MR) is 96.3 cm³/mol. The zero-order chi connectivity index (χ0) is 21.6. The Kier molecular flexibility index (Phi) is 8.05. The van der Waals surface area contributed by atoms with Crippen molar-refractivity contribution in [3.8, 4) is 0 Å². The number of ether oxygens (including phenoxy) is 2. The molecule has 0 radical (unpaired) electrons. The Morgan fingerprint density at radius 1 is 1.10 bits per heavy atom. The van der Waals surface area contributed by atoms with Crippen LogP contribution in [0.1, 0.15) is 10.4 Å². The molecule has 5 N–H and O–H groups in total. The fraction of sp³-hybridized carbons (Fsp3) is 0.500. The van der Waals surface area contributed by atoms with E-state index in [0.29, 0.717) is 0 Å². The summed E-state index contributed by atoms with van der Waals surface area (Å²) < 4.78 is 9.83. The standard InChI is InChI=1S/C18H24N2O9/c1-28-13(23)7-19-12(22)8-20(17(27)10-5-3-2-4-6-10)18-16(26)15(25)14(24)11(9-21)29-18/h2-6,11,14-16,18,21,24-26H,7-9H2,1H3,(H,19,22)/t11-,14-,15+,16-,18-/m1/s1. The zero-order valence-electron chi connectivity index (χ0n) is 15.7. The molecular weight excluding hydrogens is 388 g/mol. The highest BCUT2D eigenvalue weighted by Crippen LogP contribution is 2.25. The Balaban J connectivity index is 2.27. The van der Waals surface area contributed by atoms with Crippen LogP contribution in [0.2, 0.25) is 0 Å². The maximum absolute atomic E-state index is 13.0. The van der Waals surface area contributed by atoms with Crippen molar-refractivity contribution in [1.82, 2.24) is 10.2 Å². The lowest BCUT2D eigenvalue weighted by atomic mass is 9.97. The number of rotatable bonds is 7. The minimum absolute atomic E-state index is 0.172. The number of methoxy groups -OCH3 is 1. The van der Waals surface area contributed by atoms with Gasteiger partial charge in [-0.2, -0.15) is 0 Å². The summed E-state index contributed by atoms with van der Waals surface area (Å²) >= 11 is 0. The molecule has 1 aromatic carbocycles. The highest BCUT2D eigenvalue weighted by molar-refractivity contribution is 5.97. The highest BCUT2D eigenvalue weighted by atomic mass is 16.6. The number of carbonyl (C=O) groups is 3. The van der Waals surface area contributed by atoms with Gasteiger partial charge in [-0.15, -0.1) is 0 Å². The van der Waals surface area contributed by atoms with Crippen LogP contribution in [0.15, 0.2) is 30.3 Å². The molecule has 160 valence electrons. The summed E-state index contributed by atoms with van der Waals surface area (Å²) in [6.45, 7) is -1.76. The second kappa shape index (κ2) is 10.3. The summed E-state index contributed by atoms with van der Waals surface area (Å²) in [5.41, 5.74) is 0.172. The quantitative estimate of drug-likeness (QED) is 0.298. The Bertz CT molecular complexity index is 713. The van der Waals surface area contributed by atoms with Crippen LogP contribution in [0, 0.1) is 0 Å². The van der Waals surface area contributed by atoms with Crippen LogP contribution in [0.3, 0.4) is 0 Å². The number of hydrogen-bond acceptors (Lipinski definition) is 9. The van der Waals surface area contributed by atoms with Crippen LogP contribution in [-0.4, -0.2) is 101 Å². The molecule has 29 heavy (non-hydrogen) atoms. The van der Waals surface area contributed by atoms with Crippen LogP contribution in [-0.2, 0) is 19.1 Å². The van der Waals surface area contributed by atoms with Crippen molar-refractivity contribution in [3.05, 3.63) is 35.9 Å². The number of amides is 2. The van der Waals surface area contributed by atoms with Crippen molar-refractivity contribution in [1.29, 1.82) is 0 Å². The molecule has 0 spiro atoms. The molecule has 1 aliphatic rings. The van der Waals surface area contributed by atoms with Gasteiger partial charge in [0.25, 0.3) is 5.91 Å². The molecule has 1 fully saturated rings. The van der Waals surface area contributed by atoms with Crippen molar-refractivity contribution in [3.63, 3.8) is 0 Å². The molecule has 0 aliphatic carbocycles. The Morgan fingerprint density at radius 2 is 1.76 bits per heavy atom. The molecule has 1 aliphatic heterocycles. The van der Waals surface area contributed by atoms with E-state index in [1.807, 2.05) is 0 Å². The van der Waals surface area contributed by atoms with Gasteiger partial charge in [0, 0.05) is 5.56 Å². The van der Waals surface area contributed by atoms with E-state index in [9.17, 15) is 34.8 Å². The monoisotopic (exact) mass is 412 g/mol. The van der Waals surface area contributed by atoms with E-state index in [1.54, 1.807) is 18.2 Å². The summed E-state index contributed by atoms with van der Waals surface area (Å²) in [6, 6.07) is 7.82. The van der Waals surface area contributed by atoms with Gasteiger partial charge in [0.05, 0.1) is 13.7 Å². The van der Waals surface area contributed by atoms with Crippen LogP contribution >= 0.6 is 0 Å². The van der Waals surface area contributed by atoms with Crippen LogP contribution < -0.4 is 5.32 Å². The number of aliphatic hydroxyl groups excluding tert-OH is 4. The zero-order valence-corrected chi connectivity index (χ0v) is 15.7. The molecule has 11 nitrogen and oxygen atoms in total. The molecule has 0 bridgehead atoms. The molecule has 2 amide bonds. The van der Waals surface area contributed by atoms with E-state index in [-0.39, 0.29) is 5.56 Å². The van der Waals surface area contributed by atoms with Crippen LogP contribution in [0.4, 0.5) is 0 Å². The summed E-state index contributed by atoms with van der Waals surface area (Å²) in [4.78, 5) is 37.3. The van der Waals surface area contributed by atoms with Gasteiger partial charge < -0.3 is 40.1 Å². The fourth-order valence-corrected chi connectivity index (χ4v) is 2.82. The van der Waals surface area contributed by atoms with E-state index in [0.717, 1.165) is 12.0 Å². The lowest BCUT2D eigenvalue weighted by molar-refractivity contribution is -0.257. The van der Waals surface area contributed by atoms with E-state index in [2.05, 4.69) is 10.1 Å². The van der Waals surface area contributed by atoms with Crippen molar-refractivity contribution in [2.45, 2.75) is 30.6 Å². The number of aliphatic hydroxyl groups is 4. The van der Waals surface area contributed by atoms with Gasteiger partial charge in [0.1, 0.15) is 37.5 Å². The molecule has 5 atom stereocenters. The highest BCUT2D eigenvalue weighted by Gasteiger charge is 2.47. The Hall–Kier alpha value is -2.57. The normalized spacial score (nSPS) is 26.4. The molecule has 11 heteroatoms. The third-order valence-corrected chi connectivity index (χ3v) is 4.43.